The molecule has 1 aliphatic heterocycles. The van der Waals surface area contributed by atoms with Crippen LogP contribution in [-0.4, -0.2) is 58.2 Å². The Morgan fingerprint density at radius 3 is 2.40 bits per heavy atom. The molecule has 90 valence electrons. The second-order valence-corrected chi connectivity index (χ2v) is 4.85. The van der Waals surface area contributed by atoms with E-state index >= 15 is 0 Å². The number of unbranched alkanes of at least 4 members (excludes halogenated alkanes) is 3. The maximum Gasteiger partial charge on any atom is 0.0814 e. The molecule has 1 heterocycles. The molecule has 1 fully saturated rings. The van der Waals surface area contributed by atoms with Crippen LogP contribution in [0, 0.1) is 0 Å². The van der Waals surface area contributed by atoms with Gasteiger partial charge in [0.05, 0.1) is 21.6 Å². The van der Waals surface area contributed by atoms with E-state index in [2.05, 4.69) is 11.2 Å². The van der Waals surface area contributed by atoms with Crippen LogP contribution in [0.1, 0.15) is 25.7 Å². The van der Waals surface area contributed by atoms with Crippen molar-refractivity contribution >= 4 is 20.2 Å². The van der Waals surface area contributed by atoms with Gasteiger partial charge in [0, 0.05) is 13.1 Å². The zero-order valence-electron chi connectivity index (χ0n) is 9.33. The standard InChI is InChI=1S/C11H23NOS.BH3/c1-14-11-5-3-2-4-6-12-7-9-13-10-8-12;/h2-11H2,1H3;1H3. The summed E-state index contributed by atoms with van der Waals surface area (Å²) in [6.07, 6.45) is 7.76. The lowest BCUT2D eigenvalue weighted by Gasteiger charge is -2.26. The smallest absolute Gasteiger partial charge is 0.0814 e. The third-order valence-corrected chi connectivity index (χ3v) is 3.37. The summed E-state index contributed by atoms with van der Waals surface area (Å²) in [4.78, 5) is 2.53. The van der Waals surface area contributed by atoms with Gasteiger partial charge in [0.2, 0.25) is 0 Å². The Morgan fingerprint density at radius 2 is 1.73 bits per heavy atom. The SMILES string of the molecule is B.CSCCCCCCN1CCOCC1. The quantitative estimate of drug-likeness (QED) is 0.480. The molecule has 0 saturated carbocycles. The van der Waals surface area contributed by atoms with E-state index in [-0.39, 0.29) is 8.41 Å². The molecule has 0 atom stereocenters. The zero-order chi connectivity index (χ0) is 10.1. The van der Waals surface area contributed by atoms with Crippen molar-refractivity contribution in [3.8, 4) is 0 Å². The highest BCUT2D eigenvalue weighted by Crippen LogP contribution is 2.06. The number of hydrogen-bond acceptors (Lipinski definition) is 3. The molecule has 1 aliphatic rings. The fourth-order valence-corrected chi connectivity index (χ4v) is 2.25. The summed E-state index contributed by atoms with van der Waals surface area (Å²) in [6, 6.07) is 0. The van der Waals surface area contributed by atoms with Gasteiger partial charge in [-0.25, -0.2) is 0 Å². The highest BCUT2D eigenvalue weighted by atomic mass is 32.2. The fourth-order valence-electron chi connectivity index (χ4n) is 1.76. The molecular weight excluding hydrogens is 205 g/mol. The minimum absolute atomic E-state index is 0. The van der Waals surface area contributed by atoms with Crippen LogP contribution >= 0.6 is 11.8 Å². The number of ether oxygens (including phenoxy) is 1. The van der Waals surface area contributed by atoms with Gasteiger partial charge in [-0.3, -0.25) is 4.90 Å². The van der Waals surface area contributed by atoms with Crippen LogP contribution in [0.15, 0.2) is 0 Å². The molecule has 4 heteroatoms. The number of morpholine rings is 1. The van der Waals surface area contributed by atoms with Crippen LogP contribution in [-0.2, 0) is 4.74 Å². The average molecular weight is 231 g/mol. The summed E-state index contributed by atoms with van der Waals surface area (Å²) in [5.41, 5.74) is 0. The van der Waals surface area contributed by atoms with Crippen molar-refractivity contribution < 1.29 is 4.74 Å². The maximum absolute atomic E-state index is 5.31. The molecule has 15 heavy (non-hydrogen) atoms. The summed E-state index contributed by atoms with van der Waals surface area (Å²) < 4.78 is 5.31. The van der Waals surface area contributed by atoms with Crippen molar-refractivity contribution in [2.45, 2.75) is 25.7 Å². The molecule has 0 aromatic rings. The first-order valence-corrected chi connectivity index (χ1v) is 7.12. The predicted octanol–water partition coefficient (Wildman–Crippen LogP) is 1.06. The molecule has 2 nitrogen and oxygen atoms in total. The molecule has 0 spiro atoms. The molecule has 0 radical (unpaired) electrons. The van der Waals surface area contributed by atoms with E-state index in [4.69, 9.17) is 4.74 Å². The van der Waals surface area contributed by atoms with Crippen LogP contribution < -0.4 is 0 Å². The van der Waals surface area contributed by atoms with Crippen LogP contribution in [0.25, 0.3) is 0 Å². The Balaban J connectivity index is 0.00000196. The molecule has 0 aromatic heterocycles. The highest BCUT2D eigenvalue weighted by molar-refractivity contribution is 7.98. The lowest BCUT2D eigenvalue weighted by Crippen LogP contribution is -2.36. The third kappa shape index (κ3) is 8.17. The van der Waals surface area contributed by atoms with Crippen LogP contribution in [0.5, 0.6) is 0 Å². The molecule has 0 unspecified atom stereocenters. The monoisotopic (exact) mass is 231 g/mol. The van der Waals surface area contributed by atoms with Crippen LogP contribution in [0.4, 0.5) is 0 Å². The Hall–Kier alpha value is 0.335. The fraction of sp³-hybridized carbons (Fsp3) is 1.00. The second kappa shape index (κ2) is 10.8. The third-order valence-electron chi connectivity index (χ3n) is 2.68. The summed E-state index contributed by atoms with van der Waals surface area (Å²) in [5.74, 6) is 1.33. The summed E-state index contributed by atoms with van der Waals surface area (Å²) in [6.45, 7) is 5.44. The lowest BCUT2D eigenvalue weighted by atomic mass is 10.2. The van der Waals surface area contributed by atoms with Gasteiger partial charge in [-0.1, -0.05) is 12.8 Å². The van der Waals surface area contributed by atoms with Gasteiger partial charge >= 0.3 is 0 Å². The molecule has 0 N–H and O–H groups in total. The topological polar surface area (TPSA) is 12.5 Å². The second-order valence-electron chi connectivity index (χ2n) is 3.86. The van der Waals surface area contributed by atoms with Gasteiger partial charge in [-0.2, -0.15) is 11.8 Å². The minimum atomic E-state index is 0. The summed E-state index contributed by atoms with van der Waals surface area (Å²) in [7, 11) is 0. The molecule has 0 aliphatic carbocycles. The molecule has 0 amide bonds. The highest BCUT2D eigenvalue weighted by Gasteiger charge is 2.08. The molecule has 0 bridgehead atoms. The van der Waals surface area contributed by atoms with Gasteiger partial charge < -0.3 is 4.74 Å². The Kier molecular flexibility index (Phi) is 11.1. The molecule has 1 rings (SSSR count). The first-order chi connectivity index (χ1) is 6.93. The van der Waals surface area contributed by atoms with Crippen molar-refractivity contribution in [3.63, 3.8) is 0 Å². The number of nitrogens with zero attached hydrogens (tertiary/aromatic N) is 1. The van der Waals surface area contributed by atoms with Gasteiger partial charge in [-0.15, -0.1) is 0 Å². The van der Waals surface area contributed by atoms with Crippen molar-refractivity contribution in [2.75, 3.05) is 44.9 Å². The predicted molar refractivity (Wildman–Crippen MR) is 74.0 cm³/mol. The normalized spacial score (nSPS) is 17.4. The van der Waals surface area contributed by atoms with Gasteiger partial charge in [0.1, 0.15) is 0 Å². The molecular formula is C11H26BNOS. The van der Waals surface area contributed by atoms with Gasteiger partial charge in [0.15, 0.2) is 0 Å². The van der Waals surface area contributed by atoms with E-state index in [1.165, 1.54) is 38.0 Å². The van der Waals surface area contributed by atoms with Crippen molar-refractivity contribution in [2.24, 2.45) is 0 Å². The maximum atomic E-state index is 5.31. The Morgan fingerprint density at radius 1 is 1.07 bits per heavy atom. The first kappa shape index (κ1) is 15.3. The van der Waals surface area contributed by atoms with E-state index in [1.807, 2.05) is 11.8 Å². The number of hydrogen-bond donors (Lipinski definition) is 0. The minimum Gasteiger partial charge on any atom is -0.379 e. The van der Waals surface area contributed by atoms with Gasteiger partial charge in [0.25, 0.3) is 0 Å². The van der Waals surface area contributed by atoms with Crippen molar-refractivity contribution in [3.05, 3.63) is 0 Å². The Bertz CT molecular complexity index is 132. The summed E-state index contributed by atoms with van der Waals surface area (Å²) >= 11 is 1.96. The van der Waals surface area contributed by atoms with E-state index in [1.54, 1.807) is 0 Å². The molecule has 0 aromatic carbocycles. The number of rotatable bonds is 7. The Labute approximate surface area is 101 Å². The van der Waals surface area contributed by atoms with Crippen molar-refractivity contribution in [1.82, 2.24) is 4.90 Å². The first-order valence-electron chi connectivity index (χ1n) is 5.72. The van der Waals surface area contributed by atoms with Crippen LogP contribution in [0.3, 0.4) is 0 Å². The van der Waals surface area contributed by atoms with Crippen molar-refractivity contribution in [1.29, 1.82) is 0 Å². The van der Waals surface area contributed by atoms with E-state index in [0.717, 1.165) is 26.3 Å². The molecule has 1 saturated heterocycles. The van der Waals surface area contributed by atoms with Crippen LogP contribution in [0.2, 0.25) is 0 Å². The van der Waals surface area contributed by atoms with Gasteiger partial charge in [-0.05, 0) is 31.4 Å². The van der Waals surface area contributed by atoms with E-state index in [9.17, 15) is 0 Å². The largest absolute Gasteiger partial charge is 0.379 e. The average Bonchev–Trinajstić information content (AvgIpc) is 2.25. The lowest BCUT2D eigenvalue weighted by molar-refractivity contribution is 0.0371. The van der Waals surface area contributed by atoms with E-state index in [0.29, 0.717) is 0 Å². The van der Waals surface area contributed by atoms with E-state index < -0.39 is 0 Å². The summed E-state index contributed by atoms with van der Waals surface area (Å²) in [5, 5.41) is 0. The zero-order valence-corrected chi connectivity index (χ0v) is 10.2. The number of thioether (sulfide) groups is 1.